The number of benzene rings is 3. The van der Waals surface area contributed by atoms with Gasteiger partial charge in [-0.25, -0.2) is 9.36 Å². The molecule has 32 heavy (non-hydrogen) atoms. The quantitative estimate of drug-likeness (QED) is 0.290. The number of nitrogens with zero attached hydrogens (tertiary/aromatic N) is 2. The van der Waals surface area contributed by atoms with Crippen molar-refractivity contribution in [2.75, 3.05) is 5.32 Å². The summed E-state index contributed by atoms with van der Waals surface area (Å²) in [4.78, 5) is 32.2. The van der Waals surface area contributed by atoms with Crippen LogP contribution >= 0.6 is 15.9 Å². The van der Waals surface area contributed by atoms with E-state index in [0.29, 0.717) is 11.4 Å². The van der Waals surface area contributed by atoms with Crippen molar-refractivity contribution in [3.05, 3.63) is 121 Å². The van der Waals surface area contributed by atoms with E-state index in [1.54, 1.807) is 24.3 Å². The van der Waals surface area contributed by atoms with Gasteiger partial charge in [0, 0.05) is 10.2 Å². The largest absolute Gasteiger partial charge is 0.493 e. The van der Waals surface area contributed by atoms with Crippen LogP contribution in [0.2, 0.25) is 0 Å². The summed E-state index contributed by atoms with van der Waals surface area (Å²) < 4.78 is 1.85. The molecule has 1 aromatic heterocycles. The zero-order valence-electron chi connectivity index (χ0n) is 16.8. The van der Waals surface area contributed by atoms with Gasteiger partial charge in [-0.05, 0) is 42.0 Å². The highest BCUT2D eigenvalue weighted by Crippen LogP contribution is 2.20. The van der Waals surface area contributed by atoms with Crippen LogP contribution in [0.15, 0.2) is 104 Å². The average molecular weight is 491 g/mol. The molecule has 0 amide bonds. The summed E-state index contributed by atoms with van der Waals surface area (Å²) in [6.07, 6.45) is 0. The maximum absolute atomic E-state index is 12.8. The lowest BCUT2D eigenvalue weighted by molar-refractivity contribution is 0.429. The van der Waals surface area contributed by atoms with E-state index < -0.39 is 17.1 Å². The number of anilines is 1. The normalized spacial score (nSPS) is 11.3. The van der Waals surface area contributed by atoms with Gasteiger partial charge in [-0.2, -0.15) is 0 Å². The molecule has 0 atom stereocenters. The Hall–Kier alpha value is -3.91. The summed E-state index contributed by atoms with van der Waals surface area (Å²) in [5.41, 5.74) is 0.385. The summed E-state index contributed by atoms with van der Waals surface area (Å²) in [5.74, 6) is -0.360. The molecule has 0 saturated heterocycles. The monoisotopic (exact) mass is 490 g/mol. The lowest BCUT2D eigenvalue weighted by atomic mass is 10.2. The average Bonchev–Trinajstić information content (AvgIpc) is 2.79. The highest BCUT2D eigenvalue weighted by atomic mass is 79.9. The Balaban J connectivity index is 1.86. The van der Waals surface area contributed by atoms with Gasteiger partial charge in [0.15, 0.2) is 0 Å². The molecule has 0 aliphatic heterocycles. The fourth-order valence-electron chi connectivity index (χ4n) is 3.16. The second-order valence-corrected chi connectivity index (χ2v) is 7.83. The predicted octanol–water partition coefficient (Wildman–Crippen LogP) is 4.05. The summed E-state index contributed by atoms with van der Waals surface area (Å²) in [6.45, 7) is 0.270. The van der Waals surface area contributed by atoms with Gasteiger partial charge >= 0.3 is 5.69 Å². The summed E-state index contributed by atoms with van der Waals surface area (Å²) in [7, 11) is 0. The van der Waals surface area contributed by atoms with Gasteiger partial charge in [0.05, 0.1) is 12.2 Å². The molecule has 3 aromatic carbocycles. The topological polar surface area (TPSA) is 99.5 Å². The van der Waals surface area contributed by atoms with Crippen molar-refractivity contribution in [1.82, 2.24) is 9.55 Å². The van der Waals surface area contributed by atoms with Crippen LogP contribution in [0.4, 0.5) is 5.69 Å². The van der Waals surface area contributed by atoms with E-state index in [2.05, 4.69) is 31.2 Å². The minimum atomic E-state index is -0.749. The van der Waals surface area contributed by atoms with E-state index in [1.165, 1.54) is 0 Å². The van der Waals surface area contributed by atoms with Crippen LogP contribution in [0.1, 0.15) is 11.1 Å². The Morgan fingerprint density at radius 3 is 2.22 bits per heavy atom. The molecule has 0 saturated carbocycles. The molecular weight excluding hydrogens is 472 g/mol. The molecular formula is C24H19BrN4O3. The number of aromatic nitrogens is 2. The zero-order chi connectivity index (χ0) is 22.5. The summed E-state index contributed by atoms with van der Waals surface area (Å²) in [5, 5.41) is 14.1. The smallest absolute Gasteiger partial charge is 0.335 e. The van der Waals surface area contributed by atoms with Gasteiger partial charge in [0.25, 0.3) is 5.56 Å². The Bertz CT molecular complexity index is 1360. The van der Waals surface area contributed by atoms with Crippen LogP contribution in [0, 0.1) is 0 Å². The minimum absolute atomic E-state index is 0.132. The van der Waals surface area contributed by atoms with Crippen molar-refractivity contribution >= 4 is 27.5 Å². The number of amidine groups is 1. The van der Waals surface area contributed by atoms with Crippen molar-refractivity contribution in [1.29, 1.82) is 0 Å². The van der Waals surface area contributed by atoms with Crippen LogP contribution in [0.5, 0.6) is 5.88 Å². The molecule has 3 N–H and O–H groups in total. The maximum atomic E-state index is 12.8. The molecule has 0 unspecified atom stereocenters. The fraction of sp³-hybridized carbons (Fsp3) is 0.0417. The molecule has 4 rings (SSSR count). The third kappa shape index (κ3) is 4.70. The molecule has 0 aliphatic carbocycles. The van der Waals surface area contributed by atoms with Crippen molar-refractivity contribution in [3.8, 4) is 11.6 Å². The second kappa shape index (κ2) is 9.49. The van der Waals surface area contributed by atoms with Crippen molar-refractivity contribution in [3.63, 3.8) is 0 Å². The van der Waals surface area contributed by atoms with E-state index >= 15 is 0 Å². The molecule has 7 nitrogen and oxygen atoms in total. The lowest BCUT2D eigenvalue weighted by Gasteiger charge is -2.15. The van der Waals surface area contributed by atoms with Crippen LogP contribution in [0.3, 0.4) is 0 Å². The number of para-hydroxylation sites is 1. The summed E-state index contributed by atoms with van der Waals surface area (Å²) >= 11 is 3.35. The number of hydrogen-bond donors (Lipinski definition) is 3. The van der Waals surface area contributed by atoms with E-state index in [4.69, 9.17) is 0 Å². The molecule has 1 heterocycles. The molecule has 8 heteroatoms. The Morgan fingerprint density at radius 1 is 0.938 bits per heavy atom. The van der Waals surface area contributed by atoms with Gasteiger partial charge < -0.3 is 10.4 Å². The highest BCUT2D eigenvalue weighted by molar-refractivity contribution is 9.10. The highest BCUT2D eigenvalue weighted by Gasteiger charge is 2.20. The van der Waals surface area contributed by atoms with Gasteiger partial charge in [0.1, 0.15) is 11.4 Å². The molecule has 160 valence electrons. The first-order valence-corrected chi connectivity index (χ1v) is 10.6. The molecule has 4 aromatic rings. The first-order valence-electron chi connectivity index (χ1n) is 9.78. The fourth-order valence-corrected chi connectivity index (χ4v) is 3.43. The SMILES string of the molecule is O=c1[nH]c(=O)n(-c2ccc(Br)cc2)c(O)c1C(=NCc1ccccc1)Nc1ccccc1. The molecule has 0 spiro atoms. The third-order valence-electron chi connectivity index (χ3n) is 4.71. The first kappa shape index (κ1) is 21.3. The molecule has 0 bridgehead atoms. The van der Waals surface area contributed by atoms with E-state index in [-0.39, 0.29) is 17.9 Å². The predicted molar refractivity (Wildman–Crippen MR) is 129 cm³/mol. The molecule has 0 radical (unpaired) electrons. The van der Waals surface area contributed by atoms with E-state index in [0.717, 1.165) is 14.6 Å². The number of nitrogens with one attached hydrogen (secondary N) is 2. The number of hydrogen-bond acceptors (Lipinski definition) is 4. The standard InChI is InChI=1S/C24H19BrN4O3/c25-17-11-13-19(14-12-17)29-23(31)20(22(30)28-24(29)32)21(27-18-9-5-2-6-10-18)26-15-16-7-3-1-4-8-16/h1-14,31H,15H2,(H,26,27)(H,28,30,32). The molecule has 0 aliphatic rings. The van der Waals surface area contributed by atoms with Crippen LogP contribution in [-0.2, 0) is 6.54 Å². The summed E-state index contributed by atoms with van der Waals surface area (Å²) in [6, 6.07) is 25.5. The van der Waals surface area contributed by atoms with Crippen LogP contribution < -0.4 is 16.6 Å². The van der Waals surface area contributed by atoms with Crippen LogP contribution in [-0.4, -0.2) is 20.5 Å². The Morgan fingerprint density at radius 2 is 1.56 bits per heavy atom. The number of aromatic hydroxyl groups is 1. The van der Waals surface area contributed by atoms with Gasteiger partial charge in [-0.3, -0.25) is 14.8 Å². The van der Waals surface area contributed by atoms with Crippen molar-refractivity contribution in [2.45, 2.75) is 6.54 Å². The van der Waals surface area contributed by atoms with E-state index in [9.17, 15) is 14.7 Å². The van der Waals surface area contributed by atoms with Gasteiger partial charge in [-0.15, -0.1) is 0 Å². The number of halogens is 1. The van der Waals surface area contributed by atoms with E-state index in [1.807, 2.05) is 60.7 Å². The second-order valence-electron chi connectivity index (χ2n) is 6.91. The van der Waals surface area contributed by atoms with Gasteiger partial charge in [-0.1, -0.05) is 64.5 Å². The van der Waals surface area contributed by atoms with Crippen molar-refractivity contribution in [2.24, 2.45) is 4.99 Å². The first-order chi connectivity index (χ1) is 15.5. The maximum Gasteiger partial charge on any atom is 0.335 e. The Labute approximate surface area is 191 Å². The zero-order valence-corrected chi connectivity index (χ0v) is 18.4. The number of rotatable bonds is 5. The number of H-pyrrole nitrogens is 1. The van der Waals surface area contributed by atoms with Crippen molar-refractivity contribution < 1.29 is 5.11 Å². The number of aromatic amines is 1. The van der Waals surface area contributed by atoms with Gasteiger partial charge in [0.2, 0.25) is 5.88 Å². The Kier molecular flexibility index (Phi) is 6.32. The third-order valence-corrected chi connectivity index (χ3v) is 5.24. The lowest BCUT2D eigenvalue weighted by Crippen LogP contribution is -2.35. The molecule has 0 fully saturated rings. The minimum Gasteiger partial charge on any atom is -0.493 e. The van der Waals surface area contributed by atoms with Crippen LogP contribution in [0.25, 0.3) is 5.69 Å². The number of aliphatic imine (C=N–C) groups is 1.